The smallest absolute Gasteiger partial charge is 0.316 e. The molecule has 0 rings (SSSR count). The Morgan fingerprint density at radius 1 is 1.50 bits per heavy atom. The van der Waals surface area contributed by atoms with Gasteiger partial charge in [0.05, 0.1) is 12.4 Å². The standard InChI is InChI=1S/C8H12O3S/c1-3-11-8(10)6-12-5-4-7(2)9/h4-5H,3,6H2,1-2H3. The first-order valence-corrected chi connectivity index (χ1v) is 4.66. The van der Waals surface area contributed by atoms with Crippen LogP contribution in [0.5, 0.6) is 0 Å². The molecule has 0 amide bonds. The molecule has 0 unspecified atom stereocenters. The summed E-state index contributed by atoms with van der Waals surface area (Å²) in [6, 6.07) is 0. The van der Waals surface area contributed by atoms with E-state index in [0.717, 1.165) is 0 Å². The number of hydrogen-bond donors (Lipinski definition) is 0. The quantitative estimate of drug-likeness (QED) is 0.483. The Morgan fingerprint density at radius 2 is 2.17 bits per heavy atom. The number of carbonyl (C=O) groups is 2. The van der Waals surface area contributed by atoms with Crippen LogP contribution in [0.3, 0.4) is 0 Å². The molecule has 0 aliphatic carbocycles. The van der Waals surface area contributed by atoms with Gasteiger partial charge >= 0.3 is 5.97 Å². The van der Waals surface area contributed by atoms with Crippen molar-refractivity contribution in [3.8, 4) is 0 Å². The highest BCUT2D eigenvalue weighted by Crippen LogP contribution is 2.02. The van der Waals surface area contributed by atoms with Crippen LogP contribution in [0.2, 0.25) is 0 Å². The van der Waals surface area contributed by atoms with E-state index in [9.17, 15) is 9.59 Å². The minimum atomic E-state index is -0.254. The van der Waals surface area contributed by atoms with Crippen LogP contribution >= 0.6 is 11.8 Å². The summed E-state index contributed by atoms with van der Waals surface area (Å²) in [5, 5.41) is 1.60. The van der Waals surface area contributed by atoms with E-state index in [1.54, 1.807) is 12.3 Å². The molecular formula is C8H12O3S. The largest absolute Gasteiger partial charge is 0.465 e. The molecule has 0 atom stereocenters. The Morgan fingerprint density at radius 3 is 2.67 bits per heavy atom. The number of rotatable bonds is 5. The van der Waals surface area contributed by atoms with Crippen LogP contribution < -0.4 is 0 Å². The fraction of sp³-hybridized carbons (Fsp3) is 0.500. The Balaban J connectivity index is 3.43. The molecule has 4 heteroatoms. The van der Waals surface area contributed by atoms with Gasteiger partial charge in [0.25, 0.3) is 0 Å². The van der Waals surface area contributed by atoms with Gasteiger partial charge in [-0.15, -0.1) is 11.8 Å². The molecule has 0 aliphatic rings. The van der Waals surface area contributed by atoms with Crippen molar-refractivity contribution < 1.29 is 14.3 Å². The van der Waals surface area contributed by atoms with Crippen LogP contribution in [0.4, 0.5) is 0 Å². The molecule has 0 aromatic heterocycles. The van der Waals surface area contributed by atoms with E-state index in [2.05, 4.69) is 4.74 Å². The maximum absolute atomic E-state index is 10.7. The van der Waals surface area contributed by atoms with Gasteiger partial charge in [-0.3, -0.25) is 9.59 Å². The first-order chi connectivity index (χ1) is 5.66. The second kappa shape index (κ2) is 6.91. The molecule has 0 radical (unpaired) electrons. The monoisotopic (exact) mass is 188 g/mol. The van der Waals surface area contributed by atoms with Crippen molar-refractivity contribution in [2.45, 2.75) is 13.8 Å². The number of carbonyl (C=O) groups excluding carboxylic acids is 2. The summed E-state index contributed by atoms with van der Waals surface area (Å²) in [6.07, 6.45) is 1.42. The minimum absolute atomic E-state index is 0.0219. The maximum Gasteiger partial charge on any atom is 0.316 e. The first-order valence-electron chi connectivity index (χ1n) is 3.61. The van der Waals surface area contributed by atoms with E-state index in [1.807, 2.05) is 0 Å². The molecule has 0 heterocycles. The fourth-order valence-corrected chi connectivity index (χ4v) is 1.07. The van der Waals surface area contributed by atoms with Crippen molar-refractivity contribution in [3.63, 3.8) is 0 Å². The number of hydrogen-bond acceptors (Lipinski definition) is 4. The van der Waals surface area contributed by atoms with Crippen molar-refractivity contribution in [2.24, 2.45) is 0 Å². The summed E-state index contributed by atoms with van der Waals surface area (Å²) in [6.45, 7) is 3.62. The second-order valence-electron chi connectivity index (χ2n) is 2.03. The van der Waals surface area contributed by atoms with Crippen LogP contribution in [0.1, 0.15) is 13.8 Å². The van der Waals surface area contributed by atoms with Crippen molar-refractivity contribution >= 4 is 23.5 Å². The summed E-state index contributed by atoms with van der Waals surface area (Å²) in [4.78, 5) is 21.1. The van der Waals surface area contributed by atoms with Crippen LogP contribution in [0.25, 0.3) is 0 Å². The van der Waals surface area contributed by atoms with Crippen LogP contribution in [-0.4, -0.2) is 24.1 Å². The van der Waals surface area contributed by atoms with Crippen molar-refractivity contribution in [2.75, 3.05) is 12.4 Å². The van der Waals surface area contributed by atoms with Gasteiger partial charge in [-0.2, -0.15) is 0 Å². The lowest BCUT2D eigenvalue weighted by molar-refractivity contribution is -0.139. The van der Waals surface area contributed by atoms with Gasteiger partial charge in [0, 0.05) is 0 Å². The molecule has 0 spiro atoms. The highest BCUT2D eigenvalue weighted by Gasteiger charge is 1.98. The lowest BCUT2D eigenvalue weighted by Crippen LogP contribution is -2.05. The SMILES string of the molecule is CCOC(=O)CSC=CC(C)=O. The fourth-order valence-electron chi connectivity index (χ4n) is 0.463. The van der Waals surface area contributed by atoms with E-state index in [0.29, 0.717) is 6.61 Å². The third kappa shape index (κ3) is 7.34. The summed E-state index contributed by atoms with van der Waals surface area (Å²) < 4.78 is 4.67. The van der Waals surface area contributed by atoms with Crippen LogP contribution in [-0.2, 0) is 14.3 Å². The number of ether oxygens (including phenoxy) is 1. The van der Waals surface area contributed by atoms with Gasteiger partial charge in [-0.05, 0) is 25.3 Å². The predicted octanol–water partition coefficient (Wildman–Crippen LogP) is 1.39. The molecule has 0 saturated carbocycles. The van der Waals surface area contributed by atoms with E-state index < -0.39 is 0 Å². The lowest BCUT2D eigenvalue weighted by atomic mass is 10.5. The third-order valence-electron chi connectivity index (χ3n) is 0.905. The Labute approximate surface area is 76.2 Å². The van der Waals surface area contributed by atoms with Crippen molar-refractivity contribution in [1.29, 1.82) is 0 Å². The van der Waals surface area contributed by atoms with Gasteiger partial charge < -0.3 is 4.74 Å². The summed E-state index contributed by atoms with van der Waals surface area (Å²) >= 11 is 1.25. The van der Waals surface area contributed by atoms with E-state index in [1.165, 1.54) is 24.8 Å². The molecule has 0 aliphatic heterocycles. The van der Waals surface area contributed by atoms with Crippen LogP contribution in [0.15, 0.2) is 11.5 Å². The van der Waals surface area contributed by atoms with E-state index in [-0.39, 0.29) is 17.5 Å². The van der Waals surface area contributed by atoms with Gasteiger partial charge in [0.15, 0.2) is 5.78 Å². The van der Waals surface area contributed by atoms with Crippen molar-refractivity contribution in [3.05, 3.63) is 11.5 Å². The zero-order valence-electron chi connectivity index (χ0n) is 7.20. The highest BCUT2D eigenvalue weighted by molar-refractivity contribution is 8.02. The van der Waals surface area contributed by atoms with Crippen LogP contribution in [0, 0.1) is 0 Å². The highest BCUT2D eigenvalue weighted by atomic mass is 32.2. The van der Waals surface area contributed by atoms with Gasteiger partial charge in [-0.1, -0.05) is 0 Å². The summed E-state index contributed by atoms with van der Waals surface area (Å²) in [5.74, 6) is -0.0143. The topological polar surface area (TPSA) is 43.4 Å². The number of thioether (sulfide) groups is 1. The second-order valence-corrected chi connectivity index (χ2v) is 2.92. The third-order valence-corrected chi connectivity index (χ3v) is 1.64. The Kier molecular flexibility index (Phi) is 6.47. The maximum atomic E-state index is 10.7. The molecule has 3 nitrogen and oxygen atoms in total. The van der Waals surface area contributed by atoms with Gasteiger partial charge in [0.1, 0.15) is 0 Å². The minimum Gasteiger partial charge on any atom is -0.465 e. The molecule has 0 saturated heterocycles. The average Bonchev–Trinajstić information content (AvgIpc) is 1.98. The summed E-state index contributed by atoms with van der Waals surface area (Å²) in [7, 11) is 0. The molecule has 0 aromatic carbocycles. The Hall–Kier alpha value is -0.770. The number of ketones is 1. The number of allylic oxidation sites excluding steroid dienone is 1. The van der Waals surface area contributed by atoms with E-state index in [4.69, 9.17) is 0 Å². The lowest BCUT2D eigenvalue weighted by Gasteiger charge is -1.97. The zero-order valence-corrected chi connectivity index (χ0v) is 8.02. The van der Waals surface area contributed by atoms with E-state index >= 15 is 0 Å². The molecule has 0 aromatic rings. The average molecular weight is 188 g/mol. The molecular weight excluding hydrogens is 176 g/mol. The van der Waals surface area contributed by atoms with Gasteiger partial charge in [0.2, 0.25) is 0 Å². The number of esters is 1. The Bertz CT molecular complexity index is 187. The molecule has 0 N–H and O–H groups in total. The van der Waals surface area contributed by atoms with Crippen molar-refractivity contribution in [1.82, 2.24) is 0 Å². The molecule has 0 fully saturated rings. The zero-order chi connectivity index (χ0) is 9.40. The summed E-state index contributed by atoms with van der Waals surface area (Å²) in [5.41, 5.74) is 0. The molecule has 12 heavy (non-hydrogen) atoms. The first kappa shape index (κ1) is 11.2. The predicted molar refractivity (Wildman–Crippen MR) is 48.9 cm³/mol. The molecule has 0 bridgehead atoms. The van der Waals surface area contributed by atoms with Gasteiger partial charge in [-0.25, -0.2) is 0 Å². The molecule has 68 valence electrons. The normalized spacial score (nSPS) is 10.2.